The maximum atomic E-state index is 11.1. The lowest BCUT2D eigenvalue weighted by molar-refractivity contribution is 0.108. The molecule has 0 amide bonds. The van der Waals surface area contributed by atoms with Gasteiger partial charge in [0.25, 0.3) is 5.24 Å². The molecule has 0 saturated heterocycles. The summed E-state index contributed by atoms with van der Waals surface area (Å²) in [7, 11) is 0. The molecule has 1 heterocycles. The van der Waals surface area contributed by atoms with Gasteiger partial charge in [-0.2, -0.15) is 0 Å². The van der Waals surface area contributed by atoms with Gasteiger partial charge in [0.05, 0.1) is 0 Å². The van der Waals surface area contributed by atoms with Crippen LogP contribution in [0.4, 0.5) is 0 Å². The highest BCUT2D eigenvalue weighted by molar-refractivity contribution is 7.25. The van der Waals surface area contributed by atoms with E-state index < -0.39 is 5.24 Å². The topological polar surface area (TPSA) is 17.1 Å². The Morgan fingerprint density at radius 3 is 2.65 bits per heavy atom. The fraction of sp³-hybridized carbons (Fsp3) is 0.0714. The average Bonchev–Trinajstić information content (AvgIpc) is 2.66. The Bertz CT molecular complexity index is 742. The fourth-order valence-electron chi connectivity index (χ4n) is 2.01. The van der Waals surface area contributed by atoms with Crippen LogP contribution in [0.3, 0.4) is 0 Å². The molecule has 0 bridgehead atoms. The first-order valence-electron chi connectivity index (χ1n) is 5.28. The van der Waals surface area contributed by atoms with Crippen molar-refractivity contribution in [3.8, 4) is 0 Å². The Kier molecular flexibility index (Phi) is 2.42. The van der Waals surface area contributed by atoms with Gasteiger partial charge in [0, 0.05) is 25.7 Å². The Morgan fingerprint density at radius 2 is 1.88 bits per heavy atom. The van der Waals surface area contributed by atoms with Crippen molar-refractivity contribution in [2.24, 2.45) is 0 Å². The molecule has 1 aromatic heterocycles. The van der Waals surface area contributed by atoms with Crippen LogP contribution >= 0.6 is 22.9 Å². The van der Waals surface area contributed by atoms with Crippen molar-refractivity contribution in [3.05, 3.63) is 47.5 Å². The second-order valence-corrected chi connectivity index (χ2v) is 5.51. The molecule has 3 heteroatoms. The normalized spacial score (nSPS) is 11.2. The van der Waals surface area contributed by atoms with Gasteiger partial charge in [-0.15, -0.1) is 11.3 Å². The molecule has 3 aromatic rings. The Morgan fingerprint density at radius 1 is 1.06 bits per heavy atom. The van der Waals surface area contributed by atoms with Crippen molar-refractivity contribution in [2.75, 3.05) is 0 Å². The number of hydrogen-bond donors (Lipinski definition) is 0. The number of hydrogen-bond acceptors (Lipinski definition) is 2. The molecule has 0 fully saturated rings. The standard InChI is InChI=1S/C14H9ClOS/c1-8-2-5-12-11(6-8)10-4-3-9(14(15)16)7-13(10)17-12/h2-7H,1H3. The van der Waals surface area contributed by atoms with Crippen molar-refractivity contribution < 1.29 is 4.79 Å². The minimum Gasteiger partial charge on any atom is -0.276 e. The van der Waals surface area contributed by atoms with E-state index in [9.17, 15) is 4.79 Å². The molecule has 0 atom stereocenters. The summed E-state index contributed by atoms with van der Waals surface area (Å²) in [5.41, 5.74) is 1.80. The number of aryl methyl sites for hydroxylation is 1. The number of benzene rings is 2. The molecule has 84 valence electrons. The lowest BCUT2D eigenvalue weighted by Crippen LogP contribution is -1.86. The van der Waals surface area contributed by atoms with E-state index in [-0.39, 0.29) is 0 Å². The van der Waals surface area contributed by atoms with E-state index >= 15 is 0 Å². The summed E-state index contributed by atoms with van der Waals surface area (Å²) in [6, 6.07) is 12.0. The van der Waals surface area contributed by atoms with Crippen LogP contribution in [-0.4, -0.2) is 5.24 Å². The van der Waals surface area contributed by atoms with Gasteiger partial charge in [-0.05, 0) is 42.8 Å². The van der Waals surface area contributed by atoms with Gasteiger partial charge in [-0.3, -0.25) is 4.79 Å². The maximum Gasteiger partial charge on any atom is 0.252 e. The average molecular weight is 261 g/mol. The second-order valence-electron chi connectivity index (χ2n) is 4.09. The number of rotatable bonds is 1. The van der Waals surface area contributed by atoms with Crippen molar-refractivity contribution in [3.63, 3.8) is 0 Å². The lowest BCUT2D eigenvalue weighted by Gasteiger charge is -1.95. The van der Waals surface area contributed by atoms with Gasteiger partial charge in [0.15, 0.2) is 0 Å². The summed E-state index contributed by atoms with van der Waals surface area (Å²) >= 11 is 7.18. The maximum absolute atomic E-state index is 11.1. The highest BCUT2D eigenvalue weighted by Gasteiger charge is 2.08. The zero-order valence-electron chi connectivity index (χ0n) is 9.16. The van der Waals surface area contributed by atoms with Gasteiger partial charge in [-0.1, -0.05) is 17.7 Å². The molecule has 0 aliphatic heterocycles. The number of halogens is 1. The molecule has 3 rings (SSSR count). The van der Waals surface area contributed by atoms with E-state index in [4.69, 9.17) is 11.6 Å². The molecule has 0 saturated carbocycles. The number of thiophene rings is 1. The molecule has 0 unspecified atom stereocenters. The van der Waals surface area contributed by atoms with E-state index in [2.05, 4.69) is 25.1 Å². The smallest absolute Gasteiger partial charge is 0.252 e. The third-order valence-electron chi connectivity index (χ3n) is 2.85. The molecule has 2 aromatic carbocycles. The summed E-state index contributed by atoms with van der Waals surface area (Å²) in [6.07, 6.45) is 0. The SMILES string of the molecule is Cc1ccc2sc3cc(C(=O)Cl)ccc3c2c1. The summed E-state index contributed by atoms with van der Waals surface area (Å²) < 4.78 is 2.35. The van der Waals surface area contributed by atoms with E-state index in [1.165, 1.54) is 21.0 Å². The Balaban J connectivity index is 2.39. The number of carbonyl (C=O) groups excluding carboxylic acids is 1. The molecular weight excluding hydrogens is 252 g/mol. The number of fused-ring (bicyclic) bond motifs is 3. The first-order chi connectivity index (χ1) is 8.15. The largest absolute Gasteiger partial charge is 0.276 e. The molecule has 0 radical (unpaired) electrons. The summed E-state index contributed by atoms with van der Waals surface area (Å²) in [6.45, 7) is 2.08. The van der Waals surface area contributed by atoms with Gasteiger partial charge in [-0.25, -0.2) is 0 Å². The molecule has 0 aliphatic carbocycles. The third-order valence-corrected chi connectivity index (χ3v) is 4.21. The highest BCUT2D eigenvalue weighted by Crippen LogP contribution is 2.34. The number of carbonyl (C=O) groups is 1. The van der Waals surface area contributed by atoms with Gasteiger partial charge in [0.1, 0.15) is 0 Å². The molecule has 17 heavy (non-hydrogen) atoms. The quantitative estimate of drug-likeness (QED) is 0.578. The molecule has 0 N–H and O–H groups in total. The van der Waals surface area contributed by atoms with Crippen molar-refractivity contribution in [1.29, 1.82) is 0 Å². The van der Waals surface area contributed by atoms with Crippen molar-refractivity contribution >= 4 is 48.4 Å². The molecule has 0 spiro atoms. The molecular formula is C14H9ClOS. The minimum atomic E-state index is -0.402. The van der Waals surface area contributed by atoms with Crippen molar-refractivity contribution in [2.45, 2.75) is 6.92 Å². The van der Waals surface area contributed by atoms with Crippen molar-refractivity contribution in [1.82, 2.24) is 0 Å². The van der Waals surface area contributed by atoms with Crippen LogP contribution in [0.2, 0.25) is 0 Å². The molecule has 1 nitrogen and oxygen atoms in total. The Labute approximate surface area is 108 Å². The lowest BCUT2D eigenvalue weighted by atomic mass is 10.1. The first-order valence-corrected chi connectivity index (χ1v) is 6.47. The predicted octanol–water partition coefficient (Wildman–Crippen LogP) is 4.74. The van der Waals surface area contributed by atoms with Gasteiger partial charge >= 0.3 is 0 Å². The van der Waals surface area contributed by atoms with Crippen LogP contribution in [0.25, 0.3) is 20.2 Å². The fourth-order valence-corrected chi connectivity index (χ4v) is 3.26. The zero-order valence-corrected chi connectivity index (χ0v) is 10.7. The van der Waals surface area contributed by atoms with Crippen LogP contribution in [-0.2, 0) is 0 Å². The minimum absolute atomic E-state index is 0.402. The van der Waals surface area contributed by atoms with Gasteiger partial charge < -0.3 is 0 Å². The predicted molar refractivity (Wildman–Crippen MR) is 74.3 cm³/mol. The van der Waals surface area contributed by atoms with Crippen LogP contribution in [0.1, 0.15) is 15.9 Å². The zero-order chi connectivity index (χ0) is 12.0. The first kappa shape index (κ1) is 10.8. The summed E-state index contributed by atoms with van der Waals surface area (Å²) in [5, 5.41) is 2.04. The van der Waals surface area contributed by atoms with Crippen LogP contribution < -0.4 is 0 Å². The third kappa shape index (κ3) is 1.74. The van der Waals surface area contributed by atoms with Gasteiger partial charge in [0.2, 0.25) is 0 Å². The van der Waals surface area contributed by atoms with Crippen LogP contribution in [0, 0.1) is 6.92 Å². The van der Waals surface area contributed by atoms with E-state index in [0.717, 1.165) is 4.70 Å². The van der Waals surface area contributed by atoms with Crippen LogP contribution in [0.15, 0.2) is 36.4 Å². The monoisotopic (exact) mass is 260 g/mol. The highest BCUT2D eigenvalue weighted by atomic mass is 35.5. The summed E-state index contributed by atoms with van der Waals surface area (Å²) in [5.74, 6) is 0. The van der Waals surface area contributed by atoms with Crippen LogP contribution in [0.5, 0.6) is 0 Å². The second kappa shape index (κ2) is 3.83. The van der Waals surface area contributed by atoms with E-state index in [1.54, 1.807) is 17.4 Å². The Hall–Kier alpha value is -1.38. The summed E-state index contributed by atoms with van der Waals surface area (Å²) in [4.78, 5) is 11.1. The van der Waals surface area contributed by atoms with E-state index in [1.807, 2.05) is 12.1 Å². The molecule has 0 aliphatic rings. The van der Waals surface area contributed by atoms with E-state index in [0.29, 0.717) is 5.56 Å².